The monoisotopic (exact) mass is 397 g/mol. The Hall–Kier alpha value is -2.84. The molecule has 0 radical (unpaired) electrons. The number of fused-ring (bicyclic) bond motifs is 1. The van der Waals surface area contributed by atoms with Crippen molar-refractivity contribution >= 4 is 12.2 Å². The van der Waals surface area contributed by atoms with E-state index in [1.54, 1.807) is 19.9 Å². The summed E-state index contributed by atoms with van der Waals surface area (Å²) in [6.07, 6.45) is 0.337. The van der Waals surface area contributed by atoms with Crippen molar-refractivity contribution < 1.29 is 27.5 Å². The number of aromatic nitrogens is 1. The average molecular weight is 397 g/mol. The van der Waals surface area contributed by atoms with Crippen LogP contribution in [0.3, 0.4) is 0 Å². The Morgan fingerprint density at radius 3 is 2.79 bits per heavy atom. The predicted molar refractivity (Wildman–Crippen MR) is 96.7 cm³/mol. The minimum Gasteiger partial charge on any atom is -0.478 e. The molecule has 0 aromatic carbocycles. The summed E-state index contributed by atoms with van der Waals surface area (Å²) in [5, 5.41) is 2.20. The summed E-state index contributed by atoms with van der Waals surface area (Å²) in [6, 6.07) is 1.01. The lowest BCUT2D eigenvalue weighted by Crippen LogP contribution is -2.35. The van der Waals surface area contributed by atoms with Crippen LogP contribution in [0.1, 0.15) is 36.7 Å². The Balaban J connectivity index is 2.30. The topological polar surface area (TPSA) is 71.5 Å². The SMILES string of the molecule is CCOc1nccc2c1CN(C(C)C(C=C(C)C=O)=CNCC(F)(F)F)C2=O. The molecule has 2 rings (SSSR count). The largest absolute Gasteiger partial charge is 0.478 e. The van der Waals surface area contributed by atoms with Crippen molar-refractivity contribution in [1.29, 1.82) is 0 Å². The van der Waals surface area contributed by atoms with Crippen LogP contribution in [0.5, 0.6) is 5.88 Å². The Bertz CT molecular complexity index is 803. The van der Waals surface area contributed by atoms with Crippen molar-refractivity contribution in [3.8, 4) is 5.88 Å². The Morgan fingerprint density at radius 2 is 2.18 bits per heavy atom. The number of hydrogen-bond acceptors (Lipinski definition) is 5. The summed E-state index contributed by atoms with van der Waals surface area (Å²) in [7, 11) is 0. The van der Waals surface area contributed by atoms with Gasteiger partial charge < -0.3 is 15.0 Å². The fourth-order valence-corrected chi connectivity index (χ4v) is 2.84. The van der Waals surface area contributed by atoms with E-state index in [0.717, 1.165) is 0 Å². The van der Waals surface area contributed by atoms with Gasteiger partial charge >= 0.3 is 6.18 Å². The first-order valence-corrected chi connectivity index (χ1v) is 8.73. The van der Waals surface area contributed by atoms with Gasteiger partial charge in [0.1, 0.15) is 12.8 Å². The van der Waals surface area contributed by atoms with E-state index in [2.05, 4.69) is 10.3 Å². The van der Waals surface area contributed by atoms with Crippen LogP contribution in [0.25, 0.3) is 0 Å². The van der Waals surface area contributed by atoms with E-state index in [0.29, 0.717) is 41.0 Å². The third kappa shape index (κ3) is 5.11. The molecular weight excluding hydrogens is 375 g/mol. The van der Waals surface area contributed by atoms with E-state index in [1.807, 2.05) is 0 Å². The third-order valence-electron chi connectivity index (χ3n) is 4.22. The van der Waals surface area contributed by atoms with Crippen LogP contribution in [-0.4, -0.2) is 47.4 Å². The summed E-state index contributed by atoms with van der Waals surface area (Å²) >= 11 is 0. The molecule has 1 aliphatic heterocycles. The second-order valence-corrected chi connectivity index (χ2v) is 6.33. The number of hydrogen-bond donors (Lipinski definition) is 1. The molecule has 28 heavy (non-hydrogen) atoms. The molecule has 9 heteroatoms. The van der Waals surface area contributed by atoms with Crippen LogP contribution in [0.15, 0.2) is 35.7 Å². The molecular formula is C19H22F3N3O3. The second-order valence-electron chi connectivity index (χ2n) is 6.33. The standard InChI is InChI=1S/C19H22F3N3O3/c1-4-28-17-16-9-25(18(27)15(16)5-6-24-17)13(3)14(7-12(2)10-26)8-23-11-19(20,21)22/h5-8,10,13,23H,4,9,11H2,1-3H3. The van der Waals surface area contributed by atoms with Crippen molar-refractivity contribution in [3.05, 3.63) is 46.8 Å². The van der Waals surface area contributed by atoms with Gasteiger partial charge in [-0.3, -0.25) is 9.59 Å². The van der Waals surface area contributed by atoms with Gasteiger partial charge in [-0.15, -0.1) is 0 Å². The van der Waals surface area contributed by atoms with Crippen LogP contribution >= 0.6 is 0 Å². The van der Waals surface area contributed by atoms with Crippen molar-refractivity contribution in [2.75, 3.05) is 13.2 Å². The molecule has 1 atom stereocenters. The number of nitrogens with zero attached hydrogens (tertiary/aromatic N) is 2. The van der Waals surface area contributed by atoms with Gasteiger partial charge in [0.25, 0.3) is 5.91 Å². The minimum absolute atomic E-state index is 0.211. The van der Waals surface area contributed by atoms with Crippen molar-refractivity contribution in [3.63, 3.8) is 0 Å². The Morgan fingerprint density at radius 1 is 1.46 bits per heavy atom. The smallest absolute Gasteiger partial charge is 0.405 e. The number of rotatable bonds is 8. The minimum atomic E-state index is -4.38. The lowest BCUT2D eigenvalue weighted by molar-refractivity contribution is -0.122. The zero-order valence-electron chi connectivity index (χ0n) is 15.8. The Kier molecular flexibility index (Phi) is 6.82. The number of amides is 1. The summed E-state index contributed by atoms with van der Waals surface area (Å²) in [5.41, 5.74) is 1.79. The van der Waals surface area contributed by atoms with Crippen molar-refractivity contribution in [2.24, 2.45) is 0 Å². The quantitative estimate of drug-likeness (QED) is 0.415. The maximum atomic E-state index is 12.8. The maximum absolute atomic E-state index is 12.8. The first-order valence-electron chi connectivity index (χ1n) is 8.73. The van der Waals surface area contributed by atoms with Crippen LogP contribution in [0, 0.1) is 0 Å². The highest BCUT2D eigenvalue weighted by atomic mass is 19.4. The normalized spacial score (nSPS) is 16.1. The van der Waals surface area contributed by atoms with Crippen LogP contribution in [-0.2, 0) is 11.3 Å². The van der Waals surface area contributed by atoms with E-state index in [9.17, 15) is 22.8 Å². The van der Waals surface area contributed by atoms with Crippen LogP contribution in [0.2, 0.25) is 0 Å². The number of pyridine rings is 1. The number of nitrogens with one attached hydrogen (secondary N) is 1. The maximum Gasteiger partial charge on any atom is 0.405 e. The summed E-state index contributed by atoms with van der Waals surface area (Å²) in [4.78, 5) is 29.4. The molecule has 0 aliphatic carbocycles. The zero-order valence-corrected chi connectivity index (χ0v) is 15.8. The van der Waals surface area contributed by atoms with Gasteiger partial charge in [-0.1, -0.05) is 0 Å². The van der Waals surface area contributed by atoms with Gasteiger partial charge in [0.15, 0.2) is 0 Å². The number of carbonyl (C=O) groups excluding carboxylic acids is 2. The molecule has 1 amide bonds. The molecule has 1 N–H and O–H groups in total. The highest BCUT2D eigenvalue weighted by Crippen LogP contribution is 2.32. The lowest BCUT2D eigenvalue weighted by Gasteiger charge is -2.26. The first-order chi connectivity index (χ1) is 13.2. The fourth-order valence-electron chi connectivity index (χ4n) is 2.84. The number of halogens is 3. The summed E-state index contributed by atoms with van der Waals surface area (Å²) < 4.78 is 42.8. The van der Waals surface area contributed by atoms with Gasteiger partial charge in [-0.05, 0) is 44.1 Å². The highest BCUT2D eigenvalue weighted by molar-refractivity contribution is 5.99. The van der Waals surface area contributed by atoms with Crippen LogP contribution in [0.4, 0.5) is 13.2 Å². The van der Waals surface area contributed by atoms with Gasteiger partial charge in [0, 0.05) is 18.0 Å². The average Bonchev–Trinajstić information content (AvgIpc) is 2.97. The van der Waals surface area contributed by atoms with Crippen molar-refractivity contribution in [2.45, 2.75) is 39.5 Å². The number of allylic oxidation sites excluding steroid dienone is 1. The molecule has 1 unspecified atom stereocenters. The van der Waals surface area contributed by atoms with E-state index in [1.165, 1.54) is 30.3 Å². The lowest BCUT2D eigenvalue weighted by atomic mass is 10.1. The van der Waals surface area contributed by atoms with Gasteiger partial charge in [-0.25, -0.2) is 4.98 Å². The zero-order chi connectivity index (χ0) is 20.9. The Labute approximate surface area is 161 Å². The molecule has 0 bridgehead atoms. The molecule has 1 aliphatic rings. The molecule has 0 saturated heterocycles. The number of carbonyl (C=O) groups is 2. The first kappa shape index (κ1) is 21.5. The van der Waals surface area contributed by atoms with E-state index in [4.69, 9.17) is 4.74 Å². The molecule has 0 saturated carbocycles. The number of ether oxygens (including phenoxy) is 1. The highest BCUT2D eigenvalue weighted by Gasteiger charge is 2.34. The second kappa shape index (κ2) is 8.90. The van der Waals surface area contributed by atoms with E-state index >= 15 is 0 Å². The van der Waals surface area contributed by atoms with E-state index in [-0.39, 0.29) is 12.5 Å². The molecule has 0 fully saturated rings. The molecule has 6 nitrogen and oxygen atoms in total. The molecule has 1 aromatic rings. The van der Waals surface area contributed by atoms with Gasteiger partial charge in [0.2, 0.25) is 5.88 Å². The van der Waals surface area contributed by atoms with Gasteiger partial charge in [-0.2, -0.15) is 13.2 Å². The fraction of sp³-hybridized carbons (Fsp3) is 0.421. The molecule has 2 heterocycles. The molecule has 0 spiro atoms. The summed E-state index contributed by atoms with van der Waals surface area (Å²) in [6.45, 7) is 4.41. The number of alkyl halides is 3. The van der Waals surface area contributed by atoms with Gasteiger partial charge in [0.05, 0.1) is 24.8 Å². The predicted octanol–water partition coefficient (Wildman–Crippen LogP) is 3.01. The van der Waals surface area contributed by atoms with Crippen molar-refractivity contribution in [1.82, 2.24) is 15.2 Å². The van der Waals surface area contributed by atoms with E-state index < -0.39 is 18.8 Å². The third-order valence-corrected chi connectivity index (χ3v) is 4.22. The molecule has 1 aromatic heterocycles. The number of aldehydes is 1. The summed E-state index contributed by atoms with van der Waals surface area (Å²) in [5.74, 6) is 0.0909. The van der Waals surface area contributed by atoms with Crippen LogP contribution < -0.4 is 10.1 Å². The molecule has 152 valence electrons.